The van der Waals surface area contributed by atoms with Gasteiger partial charge in [-0.15, -0.1) is 0 Å². The lowest BCUT2D eigenvalue weighted by atomic mass is 9.96. The van der Waals surface area contributed by atoms with E-state index in [0.29, 0.717) is 17.2 Å². The second kappa shape index (κ2) is 9.27. The SMILES string of the molecule is Cc1nc2c(F)cc(-c3nc(Nc4ccc(C(O)C5CCNC5)cn4)ncc3F)cc2n1C(C)C. The Hall–Kier alpha value is -3.50. The van der Waals surface area contributed by atoms with Crippen LogP contribution in [0.1, 0.15) is 43.8 Å². The number of nitrogens with zero attached hydrogens (tertiary/aromatic N) is 5. The summed E-state index contributed by atoms with van der Waals surface area (Å²) in [6, 6.07) is 6.49. The van der Waals surface area contributed by atoms with Crippen molar-refractivity contribution in [3.05, 3.63) is 59.7 Å². The van der Waals surface area contributed by atoms with Gasteiger partial charge in [-0.25, -0.2) is 28.7 Å². The van der Waals surface area contributed by atoms with Gasteiger partial charge in [-0.1, -0.05) is 6.07 Å². The van der Waals surface area contributed by atoms with Crippen molar-refractivity contribution >= 4 is 22.8 Å². The molecule has 0 saturated carbocycles. The number of rotatable bonds is 6. The maximum Gasteiger partial charge on any atom is 0.229 e. The van der Waals surface area contributed by atoms with E-state index in [2.05, 4.69) is 30.6 Å². The van der Waals surface area contributed by atoms with Crippen molar-refractivity contribution in [1.29, 1.82) is 0 Å². The maximum absolute atomic E-state index is 14.9. The highest BCUT2D eigenvalue weighted by molar-refractivity contribution is 5.83. The molecule has 0 aliphatic carbocycles. The van der Waals surface area contributed by atoms with Gasteiger partial charge in [0.1, 0.15) is 22.9 Å². The van der Waals surface area contributed by atoms with Gasteiger partial charge >= 0.3 is 0 Å². The van der Waals surface area contributed by atoms with Crippen LogP contribution in [-0.2, 0) is 0 Å². The van der Waals surface area contributed by atoms with Crippen molar-refractivity contribution in [2.24, 2.45) is 5.92 Å². The highest BCUT2D eigenvalue weighted by Gasteiger charge is 2.24. The summed E-state index contributed by atoms with van der Waals surface area (Å²) < 4.78 is 31.5. The Bertz CT molecular complexity index is 1360. The number of halogens is 2. The average Bonchev–Trinajstić information content (AvgIpc) is 3.48. The minimum absolute atomic E-state index is 0.0294. The molecule has 1 fully saturated rings. The van der Waals surface area contributed by atoms with E-state index in [9.17, 15) is 13.9 Å². The van der Waals surface area contributed by atoms with Gasteiger partial charge in [-0.2, -0.15) is 0 Å². The molecule has 10 heteroatoms. The predicted molar refractivity (Wildman–Crippen MR) is 129 cm³/mol. The number of aryl methyl sites for hydroxylation is 1. The second-order valence-electron chi connectivity index (χ2n) is 9.14. The van der Waals surface area contributed by atoms with Crippen molar-refractivity contribution in [3.63, 3.8) is 0 Å². The Morgan fingerprint density at radius 2 is 1.94 bits per heavy atom. The molecule has 3 N–H and O–H groups in total. The average molecular weight is 480 g/mol. The quantitative estimate of drug-likeness (QED) is 0.376. The number of aliphatic hydroxyl groups is 1. The molecule has 2 unspecified atom stereocenters. The molecule has 1 aromatic carbocycles. The predicted octanol–water partition coefficient (Wildman–Crippen LogP) is 4.44. The van der Waals surface area contributed by atoms with Crippen molar-refractivity contribution in [2.75, 3.05) is 18.4 Å². The Labute approximate surface area is 201 Å². The largest absolute Gasteiger partial charge is 0.388 e. The normalized spacial score (nSPS) is 16.8. The third-order valence-corrected chi connectivity index (χ3v) is 6.37. The summed E-state index contributed by atoms with van der Waals surface area (Å²) in [5, 5.41) is 16.7. The third-order valence-electron chi connectivity index (χ3n) is 6.37. The number of imidazole rings is 1. The third kappa shape index (κ3) is 4.46. The molecule has 0 spiro atoms. The van der Waals surface area contributed by atoms with Crippen LogP contribution in [0.5, 0.6) is 0 Å². The second-order valence-corrected chi connectivity index (χ2v) is 9.14. The molecule has 4 aromatic rings. The highest BCUT2D eigenvalue weighted by atomic mass is 19.1. The number of aliphatic hydroxyl groups excluding tert-OH is 1. The first-order valence-electron chi connectivity index (χ1n) is 11.6. The number of benzene rings is 1. The van der Waals surface area contributed by atoms with E-state index in [1.54, 1.807) is 24.4 Å². The number of anilines is 2. The minimum Gasteiger partial charge on any atom is -0.388 e. The van der Waals surface area contributed by atoms with Gasteiger partial charge in [0.25, 0.3) is 0 Å². The molecule has 1 saturated heterocycles. The molecular formula is C25H27F2N7O. The lowest BCUT2D eigenvalue weighted by Crippen LogP contribution is -2.16. The summed E-state index contributed by atoms with van der Waals surface area (Å²) in [7, 11) is 0. The number of pyridine rings is 1. The molecule has 3 aromatic heterocycles. The fourth-order valence-electron chi connectivity index (χ4n) is 4.67. The molecule has 4 heterocycles. The van der Waals surface area contributed by atoms with E-state index in [1.165, 1.54) is 6.07 Å². The summed E-state index contributed by atoms with van der Waals surface area (Å²) in [6.45, 7) is 7.45. The molecule has 8 nitrogen and oxygen atoms in total. The van der Waals surface area contributed by atoms with Crippen LogP contribution in [0.2, 0.25) is 0 Å². The summed E-state index contributed by atoms with van der Waals surface area (Å²) >= 11 is 0. The summed E-state index contributed by atoms with van der Waals surface area (Å²) in [6.07, 6.45) is 2.97. The van der Waals surface area contributed by atoms with Crippen LogP contribution in [0.3, 0.4) is 0 Å². The molecule has 5 rings (SSSR count). The zero-order valence-electron chi connectivity index (χ0n) is 19.8. The van der Waals surface area contributed by atoms with Crippen LogP contribution >= 0.6 is 0 Å². The van der Waals surface area contributed by atoms with Gasteiger partial charge in [-0.05, 0) is 57.5 Å². The van der Waals surface area contributed by atoms with Crippen LogP contribution in [0.15, 0.2) is 36.7 Å². The molecule has 182 valence electrons. The molecular weight excluding hydrogens is 452 g/mol. The highest BCUT2D eigenvalue weighted by Crippen LogP contribution is 2.31. The van der Waals surface area contributed by atoms with E-state index in [4.69, 9.17) is 0 Å². The Morgan fingerprint density at radius 3 is 2.63 bits per heavy atom. The first kappa shape index (κ1) is 23.3. The minimum atomic E-state index is -0.668. The van der Waals surface area contributed by atoms with Crippen molar-refractivity contribution < 1.29 is 13.9 Å². The standard InChI is InChI=1S/C25H27F2N7O/c1-13(2)34-14(3)31-23-18(26)8-17(9-20(23)34)22-19(27)12-30-25(33-22)32-21-5-4-15(11-29-21)24(35)16-6-7-28-10-16/h4-5,8-9,11-13,16,24,28,35H,6-7,10H2,1-3H3,(H,29,30,32,33). The van der Waals surface area contributed by atoms with Crippen LogP contribution in [0.25, 0.3) is 22.3 Å². The molecule has 35 heavy (non-hydrogen) atoms. The first-order chi connectivity index (χ1) is 16.8. The zero-order valence-corrected chi connectivity index (χ0v) is 19.8. The van der Waals surface area contributed by atoms with Crippen LogP contribution in [-0.4, -0.2) is 42.7 Å². The molecule has 1 aliphatic heterocycles. The maximum atomic E-state index is 14.9. The Kier molecular flexibility index (Phi) is 6.16. The van der Waals surface area contributed by atoms with Gasteiger partial charge < -0.3 is 20.3 Å². The van der Waals surface area contributed by atoms with E-state index in [1.807, 2.05) is 25.3 Å². The summed E-state index contributed by atoms with van der Waals surface area (Å²) in [5.41, 5.74) is 1.81. The zero-order chi connectivity index (χ0) is 24.7. The van der Waals surface area contributed by atoms with E-state index >= 15 is 0 Å². The van der Waals surface area contributed by atoms with Crippen LogP contribution in [0, 0.1) is 24.5 Å². The van der Waals surface area contributed by atoms with E-state index < -0.39 is 17.7 Å². The molecule has 0 radical (unpaired) electrons. The molecule has 1 aliphatic rings. The first-order valence-corrected chi connectivity index (χ1v) is 11.6. The number of fused-ring (bicyclic) bond motifs is 1. The Morgan fingerprint density at radius 1 is 1.11 bits per heavy atom. The van der Waals surface area contributed by atoms with Gasteiger partial charge in [0.2, 0.25) is 5.95 Å². The summed E-state index contributed by atoms with van der Waals surface area (Å²) in [4.78, 5) is 17.0. The van der Waals surface area contributed by atoms with Crippen LogP contribution in [0.4, 0.5) is 20.5 Å². The van der Waals surface area contributed by atoms with Crippen molar-refractivity contribution in [3.8, 4) is 11.3 Å². The smallest absolute Gasteiger partial charge is 0.229 e. The summed E-state index contributed by atoms with van der Waals surface area (Å²) in [5.74, 6) is 0.195. The lowest BCUT2D eigenvalue weighted by Gasteiger charge is -2.17. The monoisotopic (exact) mass is 479 g/mol. The van der Waals surface area contributed by atoms with Crippen LogP contribution < -0.4 is 10.6 Å². The Balaban J connectivity index is 1.43. The number of hydrogen-bond acceptors (Lipinski definition) is 7. The lowest BCUT2D eigenvalue weighted by molar-refractivity contribution is 0.118. The number of aromatic nitrogens is 5. The molecule has 0 amide bonds. The van der Waals surface area contributed by atoms with E-state index in [-0.39, 0.29) is 34.7 Å². The van der Waals surface area contributed by atoms with Gasteiger partial charge in [-0.3, -0.25) is 0 Å². The number of hydrogen-bond donors (Lipinski definition) is 3. The van der Waals surface area contributed by atoms with Gasteiger partial charge in [0.05, 0.1) is 17.8 Å². The van der Waals surface area contributed by atoms with Crippen molar-refractivity contribution in [2.45, 2.75) is 39.3 Å². The van der Waals surface area contributed by atoms with Crippen molar-refractivity contribution in [1.82, 2.24) is 29.8 Å². The topological polar surface area (TPSA) is 101 Å². The van der Waals surface area contributed by atoms with Gasteiger partial charge in [0.15, 0.2) is 11.6 Å². The number of nitrogens with one attached hydrogen (secondary N) is 2. The van der Waals surface area contributed by atoms with E-state index in [0.717, 1.165) is 31.3 Å². The van der Waals surface area contributed by atoms with Gasteiger partial charge in [0, 0.05) is 30.3 Å². The molecule has 2 atom stereocenters. The molecule has 0 bridgehead atoms. The fourth-order valence-corrected chi connectivity index (χ4v) is 4.67. The fraction of sp³-hybridized carbons (Fsp3) is 0.360.